The van der Waals surface area contributed by atoms with E-state index in [1.807, 2.05) is 6.92 Å². The highest BCUT2D eigenvalue weighted by molar-refractivity contribution is 6.17. The van der Waals surface area contributed by atoms with Crippen LogP contribution < -0.4 is 5.32 Å². The van der Waals surface area contributed by atoms with Gasteiger partial charge in [-0.05, 0) is 44.2 Å². The van der Waals surface area contributed by atoms with Gasteiger partial charge in [-0.25, -0.2) is 4.98 Å². The van der Waals surface area contributed by atoms with Gasteiger partial charge in [0.05, 0.1) is 0 Å². The van der Waals surface area contributed by atoms with Crippen molar-refractivity contribution in [3.05, 3.63) is 29.1 Å². The highest BCUT2D eigenvalue weighted by atomic mass is 16.2. The maximum absolute atomic E-state index is 13.2. The molecular weight excluding hydrogens is 355 g/mol. The average molecular weight is 394 g/mol. The lowest BCUT2D eigenvalue weighted by Crippen LogP contribution is -2.49. The normalized spacial score (nSPS) is 22.2. The molecule has 1 aromatic heterocycles. The first kappa shape index (κ1) is 22.4. The molecule has 0 unspecified atom stereocenters. The smallest absolute Gasteiger partial charge is 0.269 e. The third-order valence-electron chi connectivity index (χ3n) is 6.97. The summed E-state index contributed by atoms with van der Waals surface area (Å²) in [5.41, 5.74) is 1.99. The van der Waals surface area contributed by atoms with Gasteiger partial charge in [0.1, 0.15) is 13.5 Å². The number of nitrogens with one attached hydrogen (secondary N) is 1. The van der Waals surface area contributed by atoms with Gasteiger partial charge in [-0.3, -0.25) is 4.79 Å². The molecule has 2 saturated carbocycles. The molecule has 0 spiro atoms. The number of pyridine rings is 1. The fourth-order valence-corrected chi connectivity index (χ4v) is 5.05. The second-order valence-electron chi connectivity index (χ2n) is 9.53. The van der Waals surface area contributed by atoms with Crippen LogP contribution in [0.5, 0.6) is 0 Å². The highest BCUT2D eigenvalue weighted by Gasteiger charge is 2.27. The molecule has 3 nitrogen and oxygen atoms in total. The molecule has 2 aliphatic carbocycles. The van der Waals surface area contributed by atoms with Crippen LogP contribution in [0, 0.1) is 6.92 Å². The van der Waals surface area contributed by atoms with Crippen LogP contribution in [0.3, 0.4) is 0 Å². The number of nitrogens with zero attached hydrogens (tertiary/aromatic N) is 1. The van der Waals surface area contributed by atoms with Crippen molar-refractivity contribution in [2.75, 3.05) is 0 Å². The highest BCUT2D eigenvalue weighted by Crippen LogP contribution is 2.33. The lowest BCUT2D eigenvalue weighted by Gasteiger charge is -2.32. The predicted octanol–water partition coefficient (Wildman–Crippen LogP) is 6.34. The molecule has 0 aliphatic heterocycles. The van der Waals surface area contributed by atoms with Gasteiger partial charge in [-0.2, -0.15) is 0 Å². The van der Waals surface area contributed by atoms with E-state index in [2.05, 4.69) is 17.4 Å². The van der Waals surface area contributed by atoms with Crippen LogP contribution in [0.25, 0.3) is 0 Å². The zero-order valence-corrected chi connectivity index (χ0v) is 18.5. The van der Waals surface area contributed by atoms with Crippen molar-refractivity contribution >= 4 is 13.8 Å². The summed E-state index contributed by atoms with van der Waals surface area (Å²) in [6, 6.07) is 4.17. The molecule has 0 aromatic carbocycles. The molecule has 4 heteroatoms. The van der Waals surface area contributed by atoms with Gasteiger partial charge >= 0.3 is 0 Å². The van der Waals surface area contributed by atoms with E-state index in [-0.39, 0.29) is 5.91 Å². The fraction of sp³-hybridized carbons (Fsp3) is 0.760. The molecule has 29 heavy (non-hydrogen) atoms. The number of amides is 1. The van der Waals surface area contributed by atoms with Gasteiger partial charge in [0.25, 0.3) is 5.91 Å². The van der Waals surface area contributed by atoms with Gasteiger partial charge in [0.15, 0.2) is 0 Å². The van der Waals surface area contributed by atoms with Gasteiger partial charge in [0.2, 0.25) is 0 Å². The predicted molar refractivity (Wildman–Crippen MR) is 122 cm³/mol. The quantitative estimate of drug-likeness (QED) is 0.608. The number of carbonyl (C=O) groups excluding carboxylic acids is 1. The molecule has 2 aliphatic rings. The number of aryl methyl sites for hydroxylation is 1. The second-order valence-corrected chi connectivity index (χ2v) is 9.53. The molecule has 0 saturated heterocycles. The summed E-state index contributed by atoms with van der Waals surface area (Å²) in [4.78, 5) is 18.0. The lowest BCUT2D eigenvalue weighted by atomic mass is 9.70. The van der Waals surface area contributed by atoms with E-state index < -0.39 is 5.44 Å². The molecular formula is C25H39BN2O. The Morgan fingerprint density at radius 2 is 1.41 bits per heavy atom. The van der Waals surface area contributed by atoms with Gasteiger partial charge in [-0.15, -0.1) is 0 Å². The summed E-state index contributed by atoms with van der Waals surface area (Å²) in [7, 11) is 6.77. The van der Waals surface area contributed by atoms with Crippen LogP contribution in [0.1, 0.15) is 130 Å². The molecule has 3 rings (SSSR count). The standard InChI is InChI=1S/C25H39BN2O/c1-20-16-17-22(21-14-10-11-15-21)27-23(20)24(29)28-25(26)18-12-8-6-4-2-3-5-7-9-13-19-25/h16-17,21H,2-15,18-19H2,1H3,(H,28,29). The molecule has 158 valence electrons. The zero-order valence-electron chi connectivity index (χ0n) is 18.5. The van der Waals surface area contributed by atoms with E-state index >= 15 is 0 Å². The number of hydrogen-bond donors (Lipinski definition) is 1. The Morgan fingerprint density at radius 3 is 1.97 bits per heavy atom. The van der Waals surface area contributed by atoms with Crippen molar-refractivity contribution in [1.82, 2.24) is 10.3 Å². The van der Waals surface area contributed by atoms with Crippen molar-refractivity contribution in [1.29, 1.82) is 0 Å². The summed E-state index contributed by atoms with van der Waals surface area (Å²) in [6.07, 6.45) is 19.2. The van der Waals surface area contributed by atoms with E-state index in [9.17, 15) is 4.79 Å². The largest absolute Gasteiger partial charge is 0.354 e. The molecule has 2 fully saturated rings. The first-order valence-corrected chi connectivity index (χ1v) is 12.2. The van der Waals surface area contributed by atoms with Crippen molar-refractivity contribution in [2.45, 2.75) is 121 Å². The van der Waals surface area contributed by atoms with E-state index in [1.54, 1.807) is 0 Å². The molecule has 2 radical (unpaired) electrons. The second kappa shape index (κ2) is 11.2. The van der Waals surface area contributed by atoms with Gasteiger partial charge < -0.3 is 5.32 Å². The number of rotatable bonds is 3. The summed E-state index contributed by atoms with van der Waals surface area (Å²) in [6.45, 7) is 1.98. The third kappa shape index (κ3) is 6.86. The van der Waals surface area contributed by atoms with Crippen molar-refractivity contribution in [2.24, 2.45) is 0 Å². The van der Waals surface area contributed by atoms with Gasteiger partial charge in [-0.1, -0.05) is 83.1 Å². The molecule has 0 atom stereocenters. The average Bonchev–Trinajstić information content (AvgIpc) is 3.23. The molecule has 1 heterocycles. The van der Waals surface area contributed by atoms with Crippen molar-refractivity contribution in [3.8, 4) is 0 Å². The first-order chi connectivity index (χ1) is 14.1. The van der Waals surface area contributed by atoms with Crippen molar-refractivity contribution < 1.29 is 4.79 Å². The van der Waals surface area contributed by atoms with E-state index in [0.29, 0.717) is 11.6 Å². The van der Waals surface area contributed by atoms with Crippen LogP contribution >= 0.6 is 0 Å². The van der Waals surface area contributed by atoms with Crippen molar-refractivity contribution in [3.63, 3.8) is 0 Å². The topological polar surface area (TPSA) is 42.0 Å². The van der Waals surface area contributed by atoms with E-state index in [1.165, 1.54) is 77.0 Å². The monoisotopic (exact) mass is 394 g/mol. The Balaban J connectivity index is 1.67. The molecule has 1 amide bonds. The number of carbonyl (C=O) groups is 1. The Morgan fingerprint density at radius 1 is 0.897 bits per heavy atom. The zero-order chi connectivity index (χ0) is 20.5. The molecule has 1 N–H and O–H groups in total. The Labute approximate surface area is 179 Å². The summed E-state index contributed by atoms with van der Waals surface area (Å²) in [5.74, 6) is 0.424. The first-order valence-electron chi connectivity index (χ1n) is 12.2. The lowest BCUT2D eigenvalue weighted by molar-refractivity contribution is 0.0913. The van der Waals surface area contributed by atoms with Crippen LogP contribution in [0.4, 0.5) is 0 Å². The number of aromatic nitrogens is 1. The minimum atomic E-state index is -0.609. The Kier molecular flexibility index (Phi) is 8.62. The summed E-state index contributed by atoms with van der Waals surface area (Å²) < 4.78 is 0. The van der Waals surface area contributed by atoms with E-state index in [4.69, 9.17) is 12.8 Å². The van der Waals surface area contributed by atoms with Gasteiger partial charge in [0, 0.05) is 17.1 Å². The Hall–Kier alpha value is -1.32. The maximum atomic E-state index is 13.2. The molecule has 0 bridgehead atoms. The SMILES string of the molecule is [B]C1(NC(=O)c2nc(C3CCCC3)ccc2C)CCCCCCCCCCCC1. The Bertz CT molecular complexity index is 640. The molecule has 1 aromatic rings. The maximum Gasteiger partial charge on any atom is 0.269 e. The number of hydrogen-bond acceptors (Lipinski definition) is 2. The van der Waals surface area contributed by atoms with Crippen LogP contribution in [-0.4, -0.2) is 24.2 Å². The fourth-order valence-electron chi connectivity index (χ4n) is 5.05. The van der Waals surface area contributed by atoms with E-state index in [0.717, 1.165) is 36.9 Å². The van der Waals surface area contributed by atoms with Crippen LogP contribution in [-0.2, 0) is 0 Å². The third-order valence-corrected chi connectivity index (χ3v) is 6.97. The van der Waals surface area contributed by atoms with Crippen LogP contribution in [0.2, 0.25) is 0 Å². The summed E-state index contributed by atoms with van der Waals surface area (Å²) in [5, 5.41) is 3.21. The minimum absolute atomic E-state index is 0.0887. The van der Waals surface area contributed by atoms with Crippen LogP contribution in [0.15, 0.2) is 12.1 Å². The summed E-state index contributed by atoms with van der Waals surface area (Å²) >= 11 is 0. The minimum Gasteiger partial charge on any atom is -0.354 e.